The van der Waals surface area contributed by atoms with Gasteiger partial charge in [0.25, 0.3) is 0 Å². The highest BCUT2D eigenvalue weighted by Crippen LogP contribution is 2.36. The molecule has 3 nitrogen and oxygen atoms in total. The summed E-state index contributed by atoms with van der Waals surface area (Å²) < 4.78 is 38.5. The van der Waals surface area contributed by atoms with E-state index in [2.05, 4.69) is 4.98 Å². The van der Waals surface area contributed by atoms with Gasteiger partial charge in [0.1, 0.15) is 0 Å². The molecule has 1 heterocycles. The van der Waals surface area contributed by atoms with Gasteiger partial charge in [0.15, 0.2) is 0 Å². The Morgan fingerprint density at radius 2 is 1.59 bits per heavy atom. The normalized spacial score (nSPS) is 11.8. The van der Waals surface area contributed by atoms with E-state index >= 15 is 0 Å². The highest BCUT2D eigenvalue weighted by molar-refractivity contribution is 6.00. The molecular weight excluding hydrogens is 291 g/mol. The summed E-state index contributed by atoms with van der Waals surface area (Å²) in [6.07, 6.45) is -4.42. The summed E-state index contributed by atoms with van der Waals surface area (Å²) in [5, 5.41) is 0.677. The number of hydrogen-bond donors (Lipinski definition) is 2. The zero-order valence-corrected chi connectivity index (χ0v) is 11.4. The van der Waals surface area contributed by atoms with Crippen LogP contribution in [0.4, 0.5) is 24.5 Å². The molecule has 0 saturated carbocycles. The van der Waals surface area contributed by atoms with Gasteiger partial charge in [-0.3, -0.25) is 0 Å². The Labute approximate surface area is 124 Å². The van der Waals surface area contributed by atoms with Gasteiger partial charge in [0.05, 0.1) is 28.1 Å². The molecule has 0 atom stereocenters. The van der Waals surface area contributed by atoms with E-state index in [1.165, 1.54) is 12.1 Å². The first kappa shape index (κ1) is 14.2. The quantitative estimate of drug-likeness (QED) is 0.711. The standard InChI is InChI=1S/C16H12F3N3/c17-16(18,19)10-5-3-4-9(8-10)15-14(21)13(20)11-6-1-2-7-12(11)22-15/h1-8H,21H2,(H2,20,22). The minimum Gasteiger partial charge on any atom is -0.396 e. The molecule has 0 bridgehead atoms. The molecule has 22 heavy (non-hydrogen) atoms. The minimum absolute atomic E-state index is 0.179. The Hall–Kier alpha value is -2.76. The molecule has 6 heteroatoms. The van der Waals surface area contributed by atoms with E-state index in [4.69, 9.17) is 11.5 Å². The third-order valence-electron chi connectivity index (χ3n) is 3.44. The Morgan fingerprint density at radius 3 is 2.32 bits per heavy atom. The lowest BCUT2D eigenvalue weighted by atomic mass is 10.0. The summed E-state index contributed by atoms with van der Waals surface area (Å²) in [5.74, 6) is 0. The van der Waals surface area contributed by atoms with Crippen molar-refractivity contribution in [1.29, 1.82) is 0 Å². The molecule has 1 aromatic heterocycles. The number of nitrogens with two attached hydrogens (primary N) is 2. The first-order chi connectivity index (χ1) is 10.4. The SMILES string of the molecule is Nc1c(-c2cccc(C(F)(F)F)c2)nc2ccccc2c1N. The second-order valence-electron chi connectivity index (χ2n) is 4.88. The Bertz CT molecular complexity index is 857. The molecule has 0 aliphatic heterocycles. The number of nitrogen functional groups attached to an aromatic ring is 2. The maximum atomic E-state index is 12.8. The smallest absolute Gasteiger partial charge is 0.396 e. The van der Waals surface area contributed by atoms with Gasteiger partial charge in [-0.25, -0.2) is 4.98 Å². The fourth-order valence-corrected chi connectivity index (χ4v) is 2.32. The average Bonchev–Trinajstić information content (AvgIpc) is 2.50. The number of para-hydroxylation sites is 1. The summed E-state index contributed by atoms with van der Waals surface area (Å²) >= 11 is 0. The molecule has 0 unspecified atom stereocenters. The van der Waals surface area contributed by atoms with Crippen LogP contribution in [0.5, 0.6) is 0 Å². The number of aromatic nitrogens is 1. The number of pyridine rings is 1. The Balaban J connectivity index is 2.25. The largest absolute Gasteiger partial charge is 0.416 e. The number of benzene rings is 2. The summed E-state index contributed by atoms with van der Waals surface area (Å²) in [4.78, 5) is 4.36. The first-order valence-electron chi connectivity index (χ1n) is 6.49. The number of fused-ring (bicyclic) bond motifs is 1. The van der Waals surface area contributed by atoms with E-state index in [9.17, 15) is 13.2 Å². The van der Waals surface area contributed by atoms with E-state index in [0.717, 1.165) is 12.1 Å². The first-order valence-corrected chi connectivity index (χ1v) is 6.49. The van der Waals surface area contributed by atoms with Crippen LogP contribution in [0, 0.1) is 0 Å². The van der Waals surface area contributed by atoms with Crippen molar-refractivity contribution in [3.8, 4) is 11.3 Å². The molecule has 0 aliphatic carbocycles. The van der Waals surface area contributed by atoms with Crippen molar-refractivity contribution in [2.45, 2.75) is 6.18 Å². The van der Waals surface area contributed by atoms with Crippen LogP contribution in [0.1, 0.15) is 5.56 Å². The molecule has 0 fully saturated rings. The van der Waals surface area contributed by atoms with E-state index in [0.29, 0.717) is 16.6 Å². The summed E-state index contributed by atoms with van der Waals surface area (Å²) in [7, 11) is 0. The molecule has 4 N–H and O–H groups in total. The highest BCUT2D eigenvalue weighted by Gasteiger charge is 2.30. The molecule has 3 aromatic rings. The maximum absolute atomic E-state index is 12.8. The van der Waals surface area contributed by atoms with Crippen LogP contribution >= 0.6 is 0 Å². The second kappa shape index (κ2) is 4.91. The van der Waals surface area contributed by atoms with Crippen molar-refractivity contribution in [2.24, 2.45) is 0 Å². The molecular formula is C16H12F3N3. The van der Waals surface area contributed by atoms with Crippen LogP contribution in [0.25, 0.3) is 22.2 Å². The van der Waals surface area contributed by atoms with Gasteiger partial charge in [-0.1, -0.05) is 30.3 Å². The van der Waals surface area contributed by atoms with Crippen molar-refractivity contribution in [1.82, 2.24) is 4.98 Å². The van der Waals surface area contributed by atoms with Gasteiger partial charge in [-0.15, -0.1) is 0 Å². The van der Waals surface area contributed by atoms with Crippen LogP contribution in [-0.2, 0) is 6.18 Å². The van der Waals surface area contributed by atoms with E-state index < -0.39 is 11.7 Å². The van der Waals surface area contributed by atoms with Crippen molar-refractivity contribution >= 4 is 22.3 Å². The van der Waals surface area contributed by atoms with Crippen LogP contribution in [0.2, 0.25) is 0 Å². The highest BCUT2D eigenvalue weighted by atomic mass is 19.4. The van der Waals surface area contributed by atoms with Gasteiger partial charge < -0.3 is 11.5 Å². The Kier molecular flexibility index (Phi) is 3.16. The molecule has 0 radical (unpaired) electrons. The van der Waals surface area contributed by atoms with Gasteiger partial charge in [-0.05, 0) is 18.2 Å². The van der Waals surface area contributed by atoms with Gasteiger partial charge in [-0.2, -0.15) is 13.2 Å². The van der Waals surface area contributed by atoms with Crippen molar-refractivity contribution in [3.63, 3.8) is 0 Å². The predicted molar refractivity (Wildman–Crippen MR) is 81.0 cm³/mol. The molecule has 0 amide bonds. The Morgan fingerprint density at radius 1 is 0.864 bits per heavy atom. The molecule has 3 rings (SSSR count). The lowest BCUT2D eigenvalue weighted by molar-refractivity contribution is -0.137. The van der Waals surface area contributed by atoms with Crippen molar-refractivity contribution < 1.29 is 13.2 Å². The molecule has 112 valence electrons. The number of hydrogen-bond acceptors (Lipinski definition) is 3. The number of nitrogens with zero attached hydrogens (tertiary/aromatic N) is 1. The zero-order valence-electron chi connectivity index (χ0n) is 11.4. The number of alkyl halides is 3. The lowest BCUT2D eigenvalue weighted by Gasteiger charge is -2.13. The van der Waals surface area contributed by atoms with Gasteiger partial charge in [0, 0.05) is 10.9 Å². The summed E-state index contributed by atoms with van der Waals surface area (Å²) in [6, 6.07) is 12.0. The molecule has 2 aromatic carbocycles. The summed E-state index contributed by atoms with van der Waals surface area (Å²) in [6.45, 7) is 0. The monoisotopic (exact) mass is 303 g/mol. The molecule has 0 spiro atoms. The maximum Gasteiger partial charge on any atom is 0.416 e. The molecule has 0 aliphatic rings. The van der Waals surface area contributed by atoms with E-state index in [1.807, 2.05) is 0 Å². The van der Waals surface area contributed by atoms with Crippen molar-refractivity contribution in [3.05, 3.63) is 54.1 Å². The summed E-state index contributed by atoms with van der Waals surface area (Å²) in [5.41, 5.74) is 12.8. The van der Waals surface area contributed by atoms with Gasteiger partial charge in [0.2, 0.25) is 0 Å². The van der Waals surface area contributed by atoms with Crippen LogP contribution < -0.4 is 11.5 Å². The fraction of sp³-hybridized carbons (Fsp3) is 0.0625. The van der Waals surface area contributed by atoms with Crippen LogP contribution in [0.15, 0.2) is 48.5 Å². The van der Waals surface area contributed by atoms with Crippen LogP contribution in [0.3, 0.4) is 0 Å². The number of anilines is 2. The fourth-order valence-electron chi connectivity index (χ4n) is 2.32. The van der Waals surface area contributed by atoms with Crippen LogP contribution in [-0.4, -0.2) is 4.98 Å². The average molecular weight is 303 g/mol. The minimum atomic E-state index is -4.42. The second-order valence-corrected chi connectivity index (χ2v) is 4.88. The van der Waals surface area contributed by atoms with E-state index in [1.54, 1.807) is 24.3 Å². The van der Waals surface area contributed by atoms with Gasteiger partial charge >= 0.3 is 6.18 Å². The van der Waals surface area contributed by atoms with Crippen molar-refractivity contribution in [2.75, 3.05) is 11.5 Å². The molecule has 0 saturated heterocycles. The third kappa shape index (κ3) is 2.32. The number of rotatable bonds is 1. The van der Waals surface area contributed by atoms with E-state index in [-0.39, 0.29) is 16.9 Å². The lowest BCUT2D eigenvalue weighted by Crippen LogP contribution is -2.06. The zero-order chi connectivity index (χ0) is 15.9. The predicted octanol–water partition coefficient (Wildman–Crippen LogP) is 4.09. The topological polar surface area (TPSA) is 64.9 Å². The number of halogens is 3. The third-order valence-corrected chi connectivity index (χ3v) is 3.44.